The lowest BCUT2D eigenvalue weighted by Crippen LogP contribution is -2.22. The summed E-state index contributed by atoms with van der Waals surface area (Å²) in [7, 11) is 0. The third-order valence-electron chi connectivity index (χ3n) is 1.61. The summed E-state index contributed by atoms with van der Waals surface area (Å²) < 4.78 is 1.36. The molecule has 0 aliphatic heterocycles. The number of rotatable bonds is 0. The fraction of sp³-hybridized carbons (Fsp3) is 0.333. The van der Waals surface area contributed by atoms with Crippen molar-refractivity contribution >= 4 is 23.1 Å². The fourth-order valence-corrected chi connectivity index (χ4v) is 0.930. The maximum absolute atomic E-state index is 5.64. The Labute approximate surface area is 70.2 Å². The van der Waals surface area contributed by atoms with Crippen LogP contribution >= 0.6 is 12.2 Å². The van der Waals surface area contributed by atoms with Crippen LogP contribution in [-0.4, -0.2) is 14.9 Å². The van der Waals surface area contributed by atoms with E-state index in [0.717, 1.165) is 11.3 Å². The van der Waals surface area contributed by atoms with Gasteiger partial charge in [0.25, 0.3) is 0 Å². The van der Waals surface area contributed by atoms with Crippen LogP contribution in [0.1, 0.15) is 11.3 Å². The molecule has 4 N–H and O–H groups in total. The third-order valence-corrected chi connectivity index (χ3v) is 1.79. The topological polar surface area (TPSA) is 69.9 Å². The van der Waals surface area contributed by atoms with Crippen molar-refractivity contribution in [3.05, 3.63) is 11.3 Å². The maximum atomic E-state index is 5.64. The largest absolute Gasteiger partial charge is 0.383 e. The van der Waals surface area contributed by atoms with E-state index in [2.05, 4.69) is 5.10 Å². The van der Waals surface area contributed by atoms with Crippen LogP contribution in [0, 0.1) is 13.8 Å². The molecule has 0 unspecified atom stereocenters. The molecular weight excluding hydrogens is 160 g/mol. The monoisotopic (exact) mass is 170 g/mol. The van der Waals surface area contributed by atoms with E-state index in [1.165, 1.54) is 4.68 Å². The normalized spacial score (nSPS) is 10.0. The van der Waals surface area contributed by atoms with E-state index in [0.29, 0.717) is 5.82 Å². The molecule has 5 heteroatoms. The lowest BCUT2D eigenvalue weighted by molar-refractivity contribution is 0.925. The standard InChI is InChI=1S/C6H10N4S/c1-3-4(2)9-10(5(3)7)6(8)11/h7H2,1-2H3,(H2,8,11). The van der Waals surface area contributed by atoms with Crippen molar-refractivity contribution in [2.45, 2.75) is 13.8 Å². The maximum Gasteiger partial charge on any atom is 0.193 e. The number of thiocarbonyl (C=S) groups is 1. The first-order valence-corrected chi connectivity index (χ1v) is 3.56. The number of nitrogens with zero attached hydrogens (tertiary/aromatic N) is 2. The summed E-state index contributed by atoms with van der Waals surface area (Å²) in [6.45, 7) is 3.74. The average Bonchev–Trinajstić information content (AvgIpc) is 2.17. The second-order valence-electron chi connectivity index (χ2n) is 2.35. The van der Waals surface area contributed by atoms with Gasteiger partial charge >= 0.3 is 0 Å². The predicted octanol–water partition coefficient (Wildman–Crippen LogP) is 0.174. The first-order valence-electron chi connectivity index (χ1n) is 3.15. The van der Waals surface area contributed by atoms with Crippen LogP contribution in [-0.2, 0) is 0 Å². The molecule has 0 radical (unpaired) electrons. The molecular formula is C6H10N4S. The fourth-order valence-electron chi connectivity index (χ4n) is 0.791. The summed E-state index contributed by atoms with van der Waals surface area (Å²) in [4.78, 5) is 0. The molecule has 60 valence electrons. The lowest BCUT2D eigenvalue weighted by Gasteiger charge is -1.98. The zero-order valence-corrected chi connectivity index (χ0v) is 7.27. The number of anilines is 1. The van der Waals surface area contributed by atoms with Gasteiger partial charge in [0, 0.05) is 5.56 Å². The Bertz CT molecular complexity index is 302. The minimum absolute atomic E-state index is 0.179. The van der Waals surface area contributed by atoms with Gasteiger partial charge in [0.1, 0.15) is 5.82 Å². The van der Waals surface area contributed by atoms with Crippen molar-refractivity contribution in [2.75, 3.05) is 5.73 Å². The molecule has 0 aromatic carbocycles. The van der Waals surface area contributed by atoms with Crippen molar-refractivity contribution in [1.29, 1.82) is 0 Å². The Hall–Kier alpha value is -1.10. The van der Waals surface area contributed by atoms with Gasteiger partial charge in [-0.3, -0.25) is 0 Å². The van der Waals surface area contributed by atoms with Crippen LogP contribution in [0.5, 0.6) is 0 Å². The smallest absolute Gasteiger partial charge is 0.193 e. The number of aromatic nitrogens is 2. The predicted molar refractivity (Wildman–Crippen MR) is 48.3 cm³/mol. The van der Waals surface area contributed by atoms with E-state index < -0.39 is 0 Å². The van der Waals surface area contributed by atoms with E-state index in [9.17, 15) is 0 Å². The minimum Gasteiger partial charge on any atom is -0.383 e. The molecule has 0 aliphatic rings. The molecule has 0 amide bonds. The number of nitrogen functional groups attached to an aromatic ring is 1. The highest BCUT2D eigenvalue weighted by Crippen LogP contribution is 2.12. The number of hydrogen-bond donors (Lipinski definition) is 2. The Morgan fingerprint density at radius 3 is 2.27 bits per heavy atom. The summed E-state index contributed by atoms with van der Waals surface area (Å²) >= 11 is 4.72. The van der Waals surface area contributed by atoms with Gasteiger partial charge in [-0.15, -0.1) is 0 Å². The van der Waals surface area contributed by atoms with Gasteiger partial charge in [0.15, 0.2) is 5.11 Å². The zero-order valence-electron chi connectivity index (χ0n) is 6.46. The van der Waals surface area contributed by atoms with Gasteiger partial charge in [-0.05, 0) is 26.1 Å². The first kappa shape index (κ1) is 8.00. The van der Waals surface area contributed by atoms with Crippen LogP contribution in [0.15, 0.2) is 0 Å². The zero-order chi connectivity index (χ0) is 8.59. The molecule has 0 spiro atoms. The van der Waals surface area contributed by atoms with E-state index in [1.807, 2.05) is 13.8 Å². The van der Waals surface area contributed by atoms with E-state index in [4.69, 9.17) is 23.7 Å². The van der Waals surface area contributed by atoms with Crippen LogP contribution in [0.2, 0.25) is 0 Å². The lowest BCUT2D eigenvalue weighted by atomic mass is 10.3. The molecule has 4 nitrogen and oxygen atoms in total. The molecule has 1 rings (SSSR count). The van der Waals surface area contributed by atoms with Gasteiger partial charge in [-0.25, -0.2) is 0 Å². The van der Waals surface area contributed by atoms with Crippen molar-refractivity contribution in [1.82, 2.24) is 9.78 Å². The van der Waals surface area contributed by atoms with Crippen molar-refractivity contribution in [2.24, 2.45) is 5.73 Å². The van der Waals surface area contributed by atoms with E-state index in [1.54, 1.807) is 0 Å². The van der Waals surface area contributed by atoms with Gasteiger partial charge in [0.2, 0.25) is 0 Å². The first-order chi connectivity index (χ1) is 5.04. The SMILES string of the molecule is Cc1nn(C(N)=S)c(N)c1C. The van der Waals surface area contributed by atoms with Crippen LogP contribution < -0.4 is 11.5 Å². The number of hydrogen-bond acceptors (Lipinski definition) is 3. The van der Waals surface area contributed by atoms with Crippen molar-refractivity contribution in [3.63, 3.8) is 0 Å². The highest BCUT2D eigenvalue weighted by atomic mass is 32.1. The third kappa shape index (κ3) is 1.19. The van der Waals surface area contributed by atoms with Gasteiger partial charge < -0.3 is 11.5 Å². The summed E-state index contributed by atoms with van der Waals surface area (Å²) in [5, 5.41) is 4.21. The highest BCUT2D eigenvalue weighted by Gasteiger charge is 2.08. The highest BCUT2D eigenvalue weighted by molar-refractivity contribution is 7.80. The molecule has 0 bridgehead atoms. The molecule has 1 heterocycles. The van der Waals surface area contributed by atoms with Crippen molar-refractivity contribution < 1.29 is 0 Å². The Kier molecular flexibility index (Phi) is 1.82. The Morgan fingerprint density at radius 1 is 1.55 bits per heavy atom. The molecule has 0 saturated heterocycles. The molecule has 0 atom stereocenters. The molecule has 11 heavy (non-hydrogen) atoms. The van der Waals surface area contributed by atoms with Gasteiger partial charge in [0.05, 0.1) is 5.69 Å². The van der Waals surface area contributed by atoms with Crippen LogP contribution in [0.4, 0.5) is 5.82 Å². The molecule has 1 aromatic rings. The van der Waals surface area contributed by atoms with Gasteiger partial charge in [-0.2, -0.15) is 9.78 Å². The second-order valence-corrected chi connectivity index (χ2v) is 2.76. The van der Waals surface area contributed by atoms with Crippen LogP contribution in [0.25, 0.3) is 0 Å². The number of aryl methyl sites for hydroxylation is 1. The second kappa shape index (κ2) is 2.50. The molecule has 0 fully saturated rings. The number of nitrogens with two attached hydrogens (primary N) is 2. The van der Waals surface area contributed by atoms with Crippen molar-refractivity contribution in [3.8, 4) is 0 Å². The average molecular weight is 170 g/mol. The summed E-state index contributed by atoms with van der Waals surface area (Å²) in [5.74, 6) is 0.523. The molecule has 0 saturated carbocycles. The van der Waals surface area contributed by atoms with Crippen LogP contribution in [0.3, 0.4) is 0 Å². The summed E-state index contributed by atoms with van der Waals surface area (Å²) in [5.41, 5.74) is 12.8. The Morgan fingerprint density at radius 2 is 2.09 bits per heavy atom. The van der Waals surface area contributed by atoms with E-state index in [-0.39, 0.29) is 5.11 Å². The summed E-state index contributed by atoms with van der Waals surface area (Å²) in [6, 6.07) is 0. The van der Waals surface area contributed by atoms with Gasteiger partial charge in [-0.1, -0.05) is 0 Å². The quantitative estimate of drug-likeness (QED) is 0.545. The summed E-state index contributed by atoms with van der Waals surface area (Å²) in [6.07, 6.45) is 0. The Balaban J connectivity index is 3.29. The van der Waals surface area contributed by atoms with E-state index >= 15 is 0 Å². The molecule has 1 aromatic heterocycles. The molecule has 0 aliphatic carbocycles. The minimum atomic E-state index is 0.179.